The Morgan fingerprint density at radius 1 is 1.04 bits per heavy atom. The summed E-state index contributed by atoms with van der Waals surface area (Å²) in [7, 11) is -7.78. The zero-order chi connectivity index (χ0) is 18.2. The van der Waals surface area contributed by atoms with Crippen LogP contribution < -0.4 is 9.03 Å². The van der Waals surface area contributed by atoms with Crippen LogP contribution in [0.1, 0.15) is 6.42 Å². The van der Waals surface area contributed by atoms with Crippen LogP contribution in [0.25, 0.3) is 0 Å². The van der Waals surface area contributed by atoms with Gasteiger partial charge in [-0.2, -0.15) is 0 Å². The molecule has 2 aromatic rings. The van der Waals surface area contributed by atoms with Gasteiger partial charge in [0, 0.05) is 6.42 Å². The highest BCUT2D eigenvalue weighted by atomic mass is 32.2. The van der Waals surface area contributed by atoms with Crippen molar-refractivity contribution in [3.63, 3.8) is 0 Å². The van der Waals surface area contributed by atoms with Crippen LogP contribution in [-0.4, -0.2) is 28.5 Å². The SMILES string of the molecule is O=C1CCS(=O)(=O)N1c1ccc(S(=O)(=O)Nc2ccccc2F)cc1. The molecule has 3 rings (SSSR count). The zero-order valence-corrected chi connectivity index (χ0v) is 14.3. The first-order valence-electron chi connectivity index (χ1n) is 7.14. The number of carbonyl (C=O) groups is 1. The van der Waals surface area contributed by atoms with Crippen molar-refractivity contribution in [3.05, 3.63) is 54.3 Å². The number of para-hydroxylation sites is 1. The van der Waals surface area contributed by atoms with Crippen LogP contribution in [0.5, 0.6) is 0 Å². The number of rotatable bonds is 4. The third kappa shape index (κ3) is 3.35. The highest BCUT2D eigenvalue weighted by molar-refractivity contribution is 7.94. The lowest BCUT2D eigenvalue weighted by Gasteiger charge is -2.15. The number of anilines is 2. The third-order valence-electron chi connectivity index (χ3n) is 3.58. The number of halogens is 1. The van der Waals surface area contributed by atoms with E-state index < -0.39 is 31.8 Å². The molecule has 10 heteroatoms. The van der Waals surface area contributed by atoms with Crippen molar-refractivity contribution in [3.8, 4) is 0 Å². The second kappa shape index (κ2) is 6.12. The maximum Gasteiger partial charge on any atom is 0.261 e. The molecule has 0 bridgehead atoms. The summed E-state index contributed by atoms with van der Waals surface area (Å²) in [5, 5.41) is 0. The number of nitrogens with one attached hydrogen (secondary N) is 1. The fourth-order valence-corrected chi connectivity index (χ4v) is 4.90. The van der Waals surface area contributed by atoms with E-state index >= 15 is 0 Å². The van der Waals surface area contributed by atoms with E-state index in [4.69, 9.17) is 0 Å². The Kier molecular flexibility index (Phi) is 4.25. The molecule has 1 fully saturated rings. The molecular weight excluding hydrogens is 371 g/mol. The molecular formula is C15H13FN2O5S2. The molecule has 0 aliphatic carbocycles. The van der Waals surface area contributed by atoms with Crippen molar-refractivity contribution in [2.75, 3.05) is 14.8 Å². The van der Waals surface area contributed by atoms with Gasteiger partial charge in [0.05, 0.1) is 22.0 Å². The van der Waals surface area contributed by atoms with Gasteiger partial charge in [-0.1, -0.05) is 12.1 Å². The van der Waals surface area contributed by atoms with E-state index in [2.05, 4.69) is 4.72 Å². The van der Waals surface area contributed by atoms with Crippen molar-refractivity contribution in [2.45, 2.75) is 11.3 Å². The summed E-state index contributed by atoms with van der Waals surface area (Å²) in [6, 6.07) is 10.0. The van der Waals surface area contributed by atoms with Gasteiger partial charge in [-0.25, -0.2) is 25.5 Å². The highest BCUT2D eigenvalue weighted by Gasteiger charge is 2.36. The summed E-state index contributed by atoms with van der Waals surface area (Å²) < 4.78 is 64.7. The van der Waals surface area contributed by atoms with Crippen LogP contribution in [-0.2, 0) is 24.8 Å². The predicted molar refractivity (Wildman–Crippen MR) is 89.5 cm³/mol. The molecule has 0 saturated carbocycles. The number of hydrogen-bond donors (Lipinski definition) is 1. The van der Waals surface area contributed by atoms with Crippen molar-refractivity contribution >= 4 is 37.3 Å². The minimum atomic E-state index is -4.06. The average Bonchev–Trinajstić information content (AvgIpc) is 2.83. The van der Waals surface area contributed by atoms with E-state index in [1.807, 2.05) is 0 Å². The summed E-state index contributed by atoms with van der Waals surface area (Å²) >= 11 is 0. The minimum absolute atomic E-state index is 0.0624. The third-order valence-corrected chi connectivity index (χ3v) is 6.65. The molecule has 0 unspecified atom stereocenters. The molecule has 1 saturated heterocycles. The lowest BCUT2D eigenvalue weighted by molar-refractivity contribution is -0.116. The van der Waals surface area contributed by atoms with Gasteiger partial charge in [0.2, 0.25) is 15.9 Å². The van der Waals surface area contributed by atoms with Crippen molar-refractivity contribution in [1.29, 1.82) is 0 Å². The Bertz CT molecular complexity index is 1030. The lowest BCUT2D eigenvalue weighted by atomic mass is 10.3. The Labute approximate surface area is 144 Å². The van der Waals surface area contributed by atoms with Crippen LogP contribution in [0.15, 0.2) is 53.4 Å². The molecule has 132 valence electrons. The van der Waals surface area contributed by atoms with Crippen LogP contribution in [0.2, 0.25) is 0 Å². The summed E-state index contributed by atoms with van der Waals surface area (Å²) in [6.07, 6.45) is -0.114. The highest BCUT2D eigenvalue weighted by Crippen LogP contribution is 2.27. The molecule has 25 heavy (non-hydrogen) atoms. The van der Waals surface area contributed by atoms with Gasteiger partial charge in [0.25, 0.3) is 10.0 Å². The zero-order valence-electron chi connectivity index (χ0n) is 12.7. The van der Waals surface area contributed by atoms with E-state index in [-0.39, 0.29) is 28.4 Å². The number of nitrogens with zero attached hydrogens (tertiary/aromatic N) is 1. The van der Waals surface area contributed by atoms with Crippen LogP contribution in [0.4, 0.5) is 15.8 Å². The molecule has 0 radical (unpaired) electrons. The second-order valence-electron chi connectivity index (χ2n) is 5.30. The summed E-state index contributed by atoms with van der Waals surface area (Å²) in [5.41, 5.74) is -0.142. The minimum Gasteiger partial charge on any atom is -0.277 e. The fourth-order valence-electron chi connectivity index (χ4n) is 2.38. The fraction of sp³-hybridized carbons (Fsp3) is 0.133. The van der Waals surface area contributed by atoms with Crippen LogP contribution >= 0.6 is 0 Å². The number of amides is 1. The summed E-state index contributed by atoms with van der Waals surface area (Å²) in [4.78, 5) is 11.5. The molecule has 7 nitrogen and oxygen atoms in total. The van der Waals surface area contributed by atoms with E-state index in [1.54, 1.807) is 0 Å². The first kappa shape index (κ1) is 17.4. The Hall–Kier alpha value is -2.46. The van der Waals surface area contributed by atoms with Gasteiger partial charge < -0.3 is 0 Å². The van der Waals surface area contributed by atoms with Gasteiger partial charge in [-0.15, -0.1) is 0 Å². The lowest BCUT2D eigenvalue weighted by Crippen LogP contribution is -2.29. The number of sulfonamides is 2. The Morgan fingerprint density at radius 3 is 2.24 bits per heavy atom. The topological polar surface area (TPSA) is 101 Å². The molecule has 1 amide bonds. The largest absolute Gasteiger partial charge is 0.277 e. The van der Waals surface area contributed by atoms with Crippen molar-refractivity contribution < 1.29 is 26.0 Å². The average molecular weight is 384 g/mol. The van der Waals surface area contributed by atoms with Crippen molar-refractivity contribution in [2.24, 2.45) is 0 Å². The maximum absolute atomic E-state index is 13.6. The molecule has 1 heterocycles. The monoisotopic (exact) mass is 384 g/mol. The van der Waals surface area contributed by atoms with E-state index in [9.17, 15) is 26.0 Å². The Morgan fingerprint density at radius 2 is 1.68 bits per heavy atom. The van der Waals surface area contributed by atoms with Gasteiger partial charge in [-0.05, 0) is 36.4 Å². The van der Waals surface area contributed by atoms with Crippen molar-refractivity contribution in [1.82, 2.24) is 0 Å². The second-order valence-corrected chi connectivity index (χ2v) is 8.92. The molecule has 1 aliphatic heterocycles. The standard InChI is InChI=1S/C15H13FN2O5S2/c16-13-3-1-2-4-14(13)17-25(22,23)12-7-5-11(6-8-12)18-15(19)9-10-24(18,20)21/h1-8,17H,9-10H2. The summed E-state index contributed by atoms with van der Waals surface area (Å²) in [6.45, 7) is 0. The number of hydrogen-bond acceptors (Lipinski definition) is 5. The smallest absolute Gasteiger partial charge is 0.261 e. The molecule has 1 N–H and O–H groups in total. The first-order valence-corrected chi connectivity index (χ1v) is 10.2. The van der Waals surface area contributed by atoms with E-state index in [0.717, 1.165) is 18.2 Å². The summed E-state index contributed by atoms with van der Waals surface area (Å²) in [5.74, 6) is -1.57. The maximum atomic E-state index is 13.6. The first-order chi connectivity index (χ1) is 11.7. The normalized spacial score (nSPS) is 16.8. The number of benzene rings is 2. The molecule has 2 aromatic carbocycles. The van der Waals surface area contributed by atoms with E-state index in [0.29, 0.717) is 4.31 Å². The quantitative estimate of drug-likeness (QED) is 0.865. The van der Waals surface area contributed by atoms with Gasteiger partial charge >= 0.3 is 0 Å². The van der Waals surface area contributed by atoms with Gasteiger partial charge in [0.1, 0.15) is 5.82 Å². The molecule has 0 aromatic heterocycles. The van der Waals surface area contributed by atoms with Gasteiger partial charge in [0.15, 0.2) is 0 Å². The van der Waals surface area contributed by atoms with E-state index in [1.165, 1.54) is 30.3 Å². The molecule has 0 atom stereocenters. The van der Waals surface area contributed by atoms with Crippen LogP contribution in [0, 0.1) is 5.82 Å². The Balaban J connectivity index is 1.90. The van der Waals surface area contributed by atoms with Gasteiger partial charge in [-0.3, -0.25) is 9.52 Å². The molecule has 0 spiro atoms. The number of carbonyl (C=O) groups excluding carboxylic acids is 1. The van der Waals surface area contributed by atoms with Crippen LogP contribution in [0.3, 0.4) is 0 Å². The molecule has 1 aliphatic rings. The predicted octanol–water partition coefficient (Wildman–Crippen LogP) is 1.69.